The van der Waals surface area contributed by atoms with Crippen LogP contribution < -0.4 is 5.32 Å². The average molecular weight is 399 g/mol. The second kappa shape index (κ2) is 10.3. The van der Waals surface area contributed by atoms with Crippen LogP contribution in [-0.2, 0) is 11.2 Å². The molecule has 2 aromatic rings. The van der Waals surface area contributed by atoms with Crippen molar-refractivity contribution in [3.8, 4) is 0 Å². The van der Waals surface area contributed by atoms with Gasteiger partial charge in [0.1, 0.15) is 11.5 Å². The molecular formula is C17H16ClFN2O2S2. The Morgan fingerprint density at radius 3 is 2.48 bits per heavy atom. The van der Waals surface area contributed by atoms with Gasteiger partial charge in [-0.3, -0.25) is 4.79 Å². The van der Waals surface area contributed by atoms with E-state index < -0.39 is 5.91 Å². The highest BCUT2D eigenvalue weighted by Crippen LogP contribution is 2.31. The molecular weight excluding hydrogens is 383 g/mol. The molecule has 0 heterocycles. The molecule has 0 aliphatic heterocycles. The maximum atomic E-state index is 12.9. The third-order valence-corrected chi connectivity index (χ3v) is 5.74. The third-order valence-electron chi connectivity index (χ3n) is 3.11. The summed E-state index contributed by atoms with van der Waals surface area (Å²) in [6.45, 7) is 0.437. The Balaban J connectivity index is 1.71. The monoisotopic (exact) mass is 398 g/mol. The maximum Gasteiger partial charge on any atom is 0.269 e. The highest BCUT2D eigenvalue weighted by atomic mass is 35.5. The summed E-state index contributed by atoms with van der Waals surface area (Å²) in [7, 11) is 3.18. The molecule has 0 fully saturated rings. The molecule has 0 spiro atoms. The molecule has 2 rings (SSSR count). The molecule has 0 bridgehead atoms. The van der Waals surface area contributed by atoms with Crippen LogP contribution in [0.25, 0.3) is 0 Å². The summed E-state index contributed by atoms with van der Waals surface area (Å²) < 4.78 is 12.9. The van der Waals surface area contributed by atoms with Gasteiger partial charge in [0.2, 0.25) is 0 Å². The summed E-state index contributed by atoms with van der Waals surface area (Å²) in [5.41, 5.74) is 0.680. The predicted molar refractivity (Wildman–Crippen MR) is 102 cm³/mol. The first-order chi connectivity index (χ1) is 12.1. The third kappa shape index (κ3) is 6.97. The van der Waals surface area contributed by atoms with Gasteiger partial charge in [0.05, 0.1) is 0 Å². The molecule has 0 aromatic heterocycles. The highest BCUT2D eigenvalue weighted by molar-refractivity contribution is 8.76. The normalized spacial score (nSPS) is 11.4. The van der Waals surface area contributed by atoms with Crippen LogP contribution in [0.15, 0.2) is 58.6 Å². The van der Waals surface area contributed by atoms with Gasteiger partial charge in [-0.1, -0.05) is 50.5 Å². The molecule has 132 valence electrons. The number of nitrogens with zero attached hydrogens (tertiary/aromatic N) is 1. The van der Waals surface area contributed by atoms with Gasteiger partial charge in [-0.15, -0.1) is 0 Å². The van der Waals surface area contributed by atoms with Crippen molar-refractivity contribution < 1.29 is 14.4 Å². The maximum absolute atomic E-state index is 12.9. The number of amides is 1. The molecule has 25 heavy (non-hydrogen) atoms. The number of oxime groups is 1. The van der Waals surface area contributed by atoms with E-state index in [1.165, 1.54) is 12.1 Å². The Hall–Kier alpha value is -1.70. The lowest BCUT2D eigenvalue weighted by Crippen LogP contribution is -2.33. The summed E-state index contributed by atoms with van der Waals surface area (Å²) in [4.78, 5) is 13.1. The molecule has 0 aliphatic carbocycles. The van der Waals surface area contributed by atoms with Crippen molar-refractivity contribution in [2.75, 3.05) is 12.3 Å². The highest BCUT2D eigenvalue weighted by Gasteiger charge is 2.12. The van der Waals surface area contributed by atoms with E-state index in [1.54, 1.807) is 33.7 Å². The number of carbonyl (C=O) groups is 1. The quantitative estimate of drug-likeness (QED) is 0.227. The first-order valence-corrected chi connectivity index (χ1v) is 10.1. The van der Waals surface area contributed by atoms with Crippen molar-refractivity contribution in [3.05, 3.63) is 64.9 Å². The summed E-state index contributed by atoms with van der Waals surface area (Å²) in [6.07, 6.45) is 0.134. The predicted octanol–water partition coefficient (Wildman–Crippen LogP) is 4.41. The number of hydrogen-bond acceptors (Lipinski definition) is 5. The largest absolute Gasteiger partial charge is 0.410 e. The fraction of sp³-hybridized carbons (Fsp3) is 0.176. The van der Waals surface area contributed by atoms with E-state index in [1.807, 2.05) is 24.3 Å². The average Bonchev–Trinajstić information content (AvgIpc) is 2.62. The van der Waals surface area contributed by atoms with Crippen LogP contribution in [0.1, 0.15) is 5.56 Å². The second-order valence-electron chi connectivity index (χ2n) is 4.97. The minimum absolute atomic E-state index is 0.0121. The van der Waals surface area contributed by atoms with E-state index in [4.69, 9.17) is 16.8 Å². The zero-order chi connectivity index (χ0) is 18.1. The van der Waals surface area contributed by atoms with E-state index in [-0.39, 0.29) is 17.9 Å². The van der Waals surface area contributed by atoms with Gasteiger partial charge in [-0.05, 0) is 42.0 Å². The first kappa shape index (κ1) is 19.6. The van der Waals surface area contributed by atoms with Crippen molar-refractivity contribution in [3.63, 3.8) is 0 Å². The van der Waals surface area contributed by atoms with Crippen molar-refractivity contribution in [1.82, 2.24) is 5.32 Å². The molecule has 0 radical (unpaired) electrons. The summed E-state index contributed by atoms with van der Waals surface area (Å²) in [5.74, 6) is -0.108. The zero-order valence-electron chi connectivity index (χ0n) is 13.1. The number of nitrogens with one attached hydrogen (secondary N) is 1. The Morgan fingerprint density at radius 1 is 1.16 bits per heavy atom. The fourth-order valence-corrected chi connectivity index (χ4v) is 3.88. The van der Waals surface area contributed by atoms with Crippen molar-refractivity contribution in [2.45, 2.75) is 11.3 Å². The standard InChI is InChI=1S/C17H16ClFN2O2S2/c18-13-3-7-15(8-4-13)25-24-10-9-20-17(22)16(21-23)11-12-1-5-14(19)6-2-12/h1-8,23H,9-11H2,(H,20,22)/b21-16+. The number of carbonyl (C=O) groups excluding carboxylic acids is 1. The van der Waals surface area contributed by atoms with Crippen LogP contribution in [0.5, 0.6) is 0 Å². The van der Waals surface area contributed by atoms with Crippen molar-refractivity contribution >= 4 is 44.8 Å². The zero-order valence-corrected chi connectivity index (χ0v) is 15.5. The first-order valence-electron chi connectivity index (χ1n) is 7.37. The number of hydrogen-bond donors (Lipinski definition) is 2. The summed E-state index contributed by atoms with van der Waals surface area (Å²) in [6, 6.07) is 13.2. The van der Waals surface area contributed by atoms with Crippen LogP contribution >= 0.6 is 33.2 Å². The molecule has 0 atom stereocenters. The van der Waals surface area contributed by atoms with E-state index in [0.717, 1.165) is 4.90 Å². The Morgan fingerprint density at radius 2 is 1.84 bits per heavy atom. The summed E-state index contributed by atoms with van der Waals surface area (Å²) in [5, 5.41) is 15.5. The lowest BCUT2D eigenvalue weighted by molar-refractivity contribution is -0.114. The number of benzene rings is 2. The van der Waals surface area contributed by atoms with Gasteiger partial charge < -0.3 is 10.5 Å². The molecule has 0 saturated heterocycles. The molecule has 4 nitrogen and oxygen atoms in total. The Kier molecular flexibility index (Phi) is 8.11. The van der Waals surface area contributed by atoms with Crippen LogP contribution in [0.3, 0.4) is 0 Å². The van der Waals surface area contributed by atoms with E-state index in [0.29, 0.717) is 22.9 Å². The van der Waals surface area contributed by atoms with Gasteiger partial charge >= 0.3 is 0 Å². The smallest absolute Gasteiger partial charge is 0.269 e. The lowest BCUT2D eigenvalue weighted by Gasteiger charge is -2.07. The summed E-state index contributed by atoms with van der Waals surface area (Å²) >= 11 is 5.83. The van der Waals surface area contributed by atoms with Crippen LogP contribution in [0.2, 0.25) is 5.02 Å². The van der Waals surface area contributed by atoms with E-state index in [9.17, 15) is 9.18 Å². The van der Waals surface area contributed by atoms with Crippen LogP contribution in [0, 0.1) is 5.82 Å². The molecule has 0 aliphatic rings. The van der Waals surface area contributed by atoms with Crippen molar-refractivity contribution in [2.24, 2.45) is 5.16 Å². The van der Waals surface area contributed by atoms with Gasteiger partial charge in [-0.25, -0.2) is 4.39 Å². The molecule has 2 aromatic carbocycles. The van der Waals surface area contributed by atoms with E-state index in [2.05, 4.69) is 10.5 Å². The SMILES string of the molecule is O=C(NCCSSc1ccc(Cl)cc1)/C(Cc1ccc(F)cc1)=N/O. The van der Waals surface area contributed by atoms with Crippen LogP contribution in [0.4, 0.5) is 4.39 Å². The number of rotatable bonds is 8. The lowest BCUT2D eigenvalue weighted by atomic mass is 10.1. The molecule has 8 heteroatoms. The van der Waals surface area contributed by atoms with Gasteiger partial charge in [-0.2, -0.15) is 0 Å². The van der Waals surface area contributed by atoms with Crippen LogP contribution in [-0.4, -0.2) is 29.1 Å². The second-order valence-corrected chi connectivity index (χ2v) is 7.89. The topological polar surface area (TPSA) is 61.7 Å². The van der Waals surface area contributed by atoms with Crippen molar-refractivity contribution in [1.29, 1.82) is 0 Å². The Labute approximate surface area is 158 Å². The minimum atomic E-state index is -0.441. The van der Waals surface area contributed by atoms with E-state index >= 15 is 0 Å². The minimum Gasteiger partial charge on any atom is -0.410 e. The molecule has 0 saturated carbocycles. The van der Waals surface area contributed by atoms with Gasteiger partial charge in [0.15, 0.2) is 0 Å². The molecule has 0 unspecified atom stereocenters. The number of halogens is 2. The van der Waals surface area contributed by atoms with Gasteiger partial charge in [0.25, 0.3) is 5.91 Å². The molecule has 2 N–H and O–H groups in total. The van der Waals surface area contributed by atoms with Gasteiger partial charge in [0, 0.05) is 28.6 Å². The fourth-order valence-electron chi connectivity index (χ4n) is 1.86. The Bertz CT molecular complexity index is 724. The molecule has 1 amide bonds.